The van der Waals surface area contributed by atoms with E-state index in [1.807, 2.05) is 0 Å². The largest absolute Gasteiger partial charge is 0.355 e. The molecule has 0 atom stereocenters. The smallest absolute Gasteiger partial charge is 0.220 e. The Bertz CT molecular complexity index is 221. The van der Waals surface area contributed by atoms with Crippen LogP contribution in [0.1, 0.15) is 33.1 Å². The first-order valence-corrected chi connectivity index (χ1v) is 5.29. The van der Waals surface area contributed by atoms with Crippen molar-refractivity contribution in [3.05, 3.63) is 0 Å². The van der Waals surface area contributed by atoms with Crippen LogP contribution in [-0.4, -0.2) is 18.3 Å². The van der Waals surface area contributed by atoms with E-state index in [-0.39, 0.29) is 5.91 Å². The second-order valence-electron chi connectivity index (χ2n) is 3.92. The molecule has 3 nitrogen and oxygen atoms in total. The van der Waals surface area contributed by atoms with Gasteiger partial charge in [0.05, 0.1) is 11.5 Å². The van der Waals surface area contributed by atoms with Crippen LogP contribution in [0.3, 0.4) is 0 Å². The molecule has 0 aliphatic heterocycles. The number of rotatable bonds is 6. The molecule has 0 bridgehead atoms. The van der Waals surface area contributed by atoms with Gasteiger partial charge in [0.25, 0.3) is 0 Å². The van der Waals surface area contributed by atoms with Gasteiger partial charge in [-0.05, 0) is 26.7 Å². The fourth-order valence-electron chi connectivity index (χ4n) is 0.828. The van der Waals surface area contributed by atoms with E-state index in [2.05, 4.69) is 11.4 Å². The summed E-state index contributed by atoms with van der Waals surface area (Å²) in [7, 11) is 0. The number of unbranched alkanes of at least 4 members (excludes halogenated alkanes) is 1. The normalized spacial score (nSPS) is 10.7. The Kier molecular flexibility index (Phi) is 6.31. The van der Waals surface area contributed by atoms with Gasteiger partial charge in [0.15, 0.2) is 0 Å². The molecule has 0 aromatic carbocycles. The summed E-state index contributed by atoms with van der Waals surface area (Å²) in [5, 5.41) is 11.4. The minimum atomic E-state index is -0.484. The Morgan fingerprint density at radius 3 is 2.64 bits per heavy atom. The predicted molar refractivity (Wildman–Crippen MR) is 57.0 cm³/mol. The molecule has 0 saturated heterocycles. The molecule has 0 fully saturated rings. The Hall–Kier alpha value is -0.750. The first-order chi connectivity index (χ1) is 6.52. The van der Waals surface area contributed by atoms with Crippen LogP contribution >= 0.6 is 11.6 Å². The van der Waals surface area contributed by atoms with Crippen molar-refractivity contribution in [1.82, 2.24) is 5.32 Å². The van der Waals surface area contributed by atoms with Crippen LogP contribution in [0.2, 0.25) is 0 Å². The van der Waals surface area contributed by atoms with Gasteiger partial charge in [0, 0.05) is 18.8 Å². The lowest BCUT2D eigenvalue weighted by molar-refractivity contribution is -0.121. The third-order valence-electron chi connectivity index (χ3n) is 1.82. The number of halogens is 1. The summed E-state index contributed by atoms with van der Waals surface area (Å²) in [6.07, 6.45) is 2.16. The van der Waals surface area contributed by atoms with Crippen LogP contribution in [0.25, 0.3) is 0 Å². The number of nitriles is 1. The maximum atomic E-state index is 11.2. The average Bonchev–Trinajstić information content (AvgIpc) is 2.16. The van der Waals surface area contributed by atoms with E-state index in [0.29, 0.717) is 18.8 Å². The Balaban J connectivity index is 3.60. The highest BCUT2D eigenvalue weighted by Gasteiger charge is 2.17. The fraction of sp³-hybridized carbons (Fsp3) is 0.800. The van der Waals surface area contributed by atoms with E-state index >= 15 is 0 Å². The van der Waals surface area contributed by atoms with Crippen LogP contribution in [-0.2, 0) is 4.79 Å². The van der Waals surface area contributed by atoms with Gasteiger partial charge in [0.1, 0.15) is 0 Å². The summed E-state index contributed by atoms with van der Waals surface area (Å²) in [6, 6.07) is 2.13. The Labute approximate surface area is 90.4 Å². The summed E-state index contributed by atoms with van der Waals surface area (Å²) in [5.41, 5.74) is -0.484. The lowest BCUT2D eigenvalue weighted by Crippen LogP contribution is -2.32. The van der Waals surface area contributed by atoms with E-state index in [0.717, 1.165) is 12.8 Å². The third-order valence-corrected chi connectivity index (χ3v) is 2.08. The van der Waals surface area contributed by atoms with Crippen LogP contribution in [0, 0.1) is 16.7 Å². The standard InChI is InChI=1S/C10H17ClN2O/c1-10(2,7-12)8-13-9(14)5-3-4-6-11/h3-6,8H2,1-2H3,(H,13,14). The highest BCUT2D eigenvalue weighted by atomic mass is 35.5. The van der Waals surface area contributed by atoms with Gasteiger partial charge in [-0.15, -0.1) is 11.6 Å². The molecule has 0 radical (unpaired) electrons. The molecule has 0 unspecified atom stereocenters. The molecular weight excluding hydrogens is 200 g/mol. The maximum absolute atomic E-state index is 11.2. The number of hydrogen-bond donors (Lipinski definition) is 1. The maximum Gasteiger partial charge on any atom is 0.220 e. The predicted octanol–water partition coefficient (Wildman–Crippen LogP) is 2.06. The molecular formula is C10H17ClN2O. The monoisotopic (exact) mass is 216 g/mol. The van der Waals surface area contributed by atoms with E-state index < -0.39 is 5.41 Å². The topological polar surface area (TPSA) is 52.9 Å². The zero-order chi connectivity index (χ0) is 11.0. The number of carbonyl (C=O) groups excluding carboxylic acids is 1. The summed E-state index contributed by atoms with van der Waals surface area (Å²) in [5.74, 6) is 0.593. The van der Waals surface area contributed by atoms with Gasteiger partial charge in [-0.2, -0.15) is 5.26 Å². The number of carbonyl (C=O) groups is 1. The zero-order valence-electron chi connectivity index (χ0n) is 8.77. The molecule has 0 saturated carbocycles. The van der Waals surface area contributed by atoms with Crippen molar-refractivity contribution < 1.29 is 4.79 Å². The SMILES string of the molecule is CC(C)(C#N)CNC(=O)CCCCCl. The van der Waals surface area contributed by atoms with Gasteiger partial charge in [-0.3, -0.25) is 4.79 Å². The van der Waals surface area contributed by atoms with Crippen LogP contribution in [0.15, 0.2) is 0 Å². The first-order valence-electron chi connectivity index (χ1n) is 4.76. The quantitative estimate of drug-likeness (QED) is 0.546. The van der Waals surface area contributed by atoms with Gasteiger partial charge < -0.3 is 5.32 Å². The number of hydrogen-bond acceptors (Lipinski definition) is 2. The summed E-state index contributed by atoms with van der Waals surface area (Å²) in [4.78, 5) is 11.2. The molecule has 0 heterocycles. The molecule has 0 aliphatic rings. The number of nitrogens with zero attached hydrogens (tertiary/aromatic N) is 1. The minimum Gasteiger partial charge on any atom is -0.355 e. The summed E-state index contributed by atoms with van der Waals surface area (Å²) >= 11 is 5.48. The van der Waals surface area contributed by atoms with Crippen molar-refractivity contribution >= 4 is 17.5 Å². The van der Waals surface area contributed by atoms with E-state index in [1.54, 1.807) is 13.8 Å². The van der Waals surface area contributed by atoms with Crippen LogP contribution in [0.4, 0.5) is 0 Å². The lowest BCUT2D eigenvalue weighted by atomic mass is 9.96. The summed E-state index contributed by atoms with van der Waals surface area (Å²) in [6.45, 7) is 4.00. The second kappa shape index (κ2) is 6.67. The number of alkyl halides is 1. The number of amides is 1. The molecule has 4 heteroatoms. The summed E-state index contributed by atoms with van der Waals surface area (Å²) < 4.78 is 0. The number of nitrogens with one attached hydrogen (secondary N) is 1. The zero-order valence-corrected chi connectivity index (χ0v) is 9.52. The highest BCUT2D eigenvalue weighted by Crippen LogP contribution is 2.10. The van der Waals surface area contributed by atoms with E-state index in [4.69, 9.17) is 16.9 Å². The van der Waals surface area contributed by atoms with Crippen molar-refractivity contribution in [3.63, 3.8) is 0 Å². The molecule has 0 spiro atoms. The van der Waals surface area contributed by atoms with Crippen molar-refractivity contribution in [2.45, 2.75) is 33.1 Å². The lowest BCUT2D eigenvalue weighted by Gasteiger charge is -2.15. The van der Waals surface area contributed by atoms with E-state index in [1.165, 1.54) is 0 Å². The van der Waals surface area contributed by atoms with Crippen molar-refractivity contribution in [2.24, 2.45) is 5.41 Å². The highest BCUT2D eigenvalue weighted by molar-refractivity contribution is 6.17. The van der Waals surface area contributed by atoms with Crippen molar-refractivity contribution in [3.8, 4) is 6.07 Å². The minimum absolute atomic E-state index is 0.00144. The van der Waals surface area contributed by atoms with Gasteiger partial charge in [0.2, 0.25) is 5.91 Å². The molecule has 1 N–H and O–H groups in total. The molecule has 14 heavy (non-hydrogen) atoms. The Morgan fingerprint density at radius 1 is 1.50 bits per heavy atom. The molecule has 0 rings (SSSR count). The van der Waals surface area contributed by atoms with Gasteiger partial charge in [-0.1, -0.05) is 0 Å². The molecule has 0 aromatic rings. The Morgan fingerprint density at radius 2 is 2.14 bits per heavy atom. The average molecular weight is 217 g/mol. The van der Waals surface area contributed by atoms with Crippen LogP contribution < -0.4 is 5.32 Å². The molecule has 80 valence electrons. The molecule has 1 amide bonds. The van der Waals surface area contributed by atoms with Gasteiger partial charge in [-0.25, -0.2) is 0 Å². The van der Waals surface area contributed by atoms with Crippen molar-refractivity contribution in [1.29, 1.82) is 5.26 Å². The first kappa shape index (κ1) is 13.2. The third kappa shape index (κ3) is 6.73. The van der Waals surface area contributed by atoms with Crippen molar-refractivity contribution in [2.75, 3.05) is 12.4 Å². The molecule has 0 aliphatic carbocycles. The van der Waals surface area contributed by atoms with Crippen LogP contribution in [0.5, 0.6) is 0 Å². The fourth-order valence-corrected chi connectivity index (χ4v) is 1.02. The molecule has 0 aromatic heterocycles. The van der Waals surface area contributed by atoms with Gasteiger partial charge >= 0.3 is 0 Å². The second-order valence-corrected chi connectivity index (χ2v) is 4.30. The van der Waals surface area contributed by atoms with E-state index in [9.17, 15) is 4.79 Å².